The van der Waals surface area contributed by atoms with Crippen molar-refractivity contribution in [1.82, 2.24) is 4.98 Å². The molecule has 0 aliphatic heterocycles. The van der Waals surface area contributed by atoms with Crippen LogP contribution >= 0.6 is 0 Å². The van der Waals surface area contributed by atoms with Crippen molar-refractivity contribution >= 4 is 17.4 Å². The Morgan fingerprint density at radius 2 is 2.14 bits per heavy atom. The summed E-state index contributed by atoms with van der Waals surface area (Å²) < 4.78 is 13.0. The predicted octanol–water partition coefficient (Wildman–Crippen LogP) is 2.98. The van der Waals surface area contributed by atoms with E-state index in [0.29, 0.717) is 17.4 Å². The van der Waals surface area contributed by atoms with Gasteiger partial charge >= 0.3 is 0 Å². The molecule has 3 rings (SSSR count). The number of hydrogen-bond donors (Lipinski definition) is 2. The number of carbonyl (C=O) groups is 1. The van der Waals surface area contributed by atoms with Crippen molar-refractivity contribution in [3.63, 3.8) is 0 Å². The molecular formula is C16H16FN3O. The van der Waals surface area contributed by atoms with E-state index in [9.17, 15) is 9.18 Å². The molecule has 1 amide bonds. The topological polar surface area (TPSA) is 54.0 Å². The Kier molecular flexibility index (Phi) is 3.81. The zero-order valence-electron chi connectivity index (χ0n) is 11.5. The van der Waals surface area contributed by atoms with Gasteiger partial charge in [0.25, 0.3) is 0 Å². The van der Waals surface area contributed by atoms with Crippen LogP contribution in [-0.4, -0.2) is 16.9 Å². The van der Waals surface area contributed by atoms with Crippen molar-refractivity contribution in [2.45, 2.75) is 25.3 Å². The molecular weight excluding hydrogens is 269 g/mol. The fraction of sp³-hybridized carbons (Fsp3) is 0.250. The molecule has 0 spiro atoms. The van der Waals surface area contributed by atoms with E-state index in [1.807, 2.05) is 6.07 Å². The van der Waals surface area contributed by atoms with Crippen LogP contribution in [0, 0.1) is 5.82 Å². The van der Waals surface area contributed by atoms with Crippen LogP contribution in [0.15, 0.2) is 42.6 Å². The van der Waals surface area contributed by atoms with E-state index in [1.165, 1.54) is 25.0 Å². The molecule has 1 aromatic carbocycles. The second kappa shape index (κ2) is 5.91. The van der Waals surface area contributed by atoms with Crippen LogP contribution in [0.25, 0.3) is 0 Å². The summed E-state index contributed by atoms with van der Waals surface area (Å²) in [6.45, 7) is 0. The van der Waals surface area contributed by atoms with Gasteiger partial charge in [-0.2, -0.15) is 0 Å². The lowest BCUT2D eigenvalue weighted by Crippen LogP contribution is -2.15. The number of nitrogens with zero attached hydrogens (tertiary/aromatic N) is 1. The third-order valence-corrected chi connectivity index (χ3v) is 3.23. The number of nitrogens with one attached hydrogen (secondary N) is 2. The van der Waals surface area contributed by atoms with E-state index in [4.69, 9.17) is 0 Å². The Hall–Kier alpha value is -2.43. The molecule has 5 heteroatoms. The lowest BCUT2D eigenvalue weighted by molar-refractivity contribution is -0.115. The summed E-state index contributed by atoms with van der Waals surface area (Å²) in [6.07, 6.45) is 4.23. The Bertz CT molecular complexity index is 638. The van der Waals surface area contributed by atoms with Gasteiger partial charge in [-0.1, -0.05) is 12.1 Å². The molecule has 1 aliphatic rings. The van der Waals surface area contributed by atoms with Crippen molar-refractivity contribution in [2.24, 2.45) is 0 Å². The van der Waals surface area contributed by atoms with Gasteiger partial charge in [-0.15, -0.1) is 0 Å². The fourth-order valence-electron chi connectivity index (χ4n) is 2.04. The highest BCUT2D eigenvalue weighted by atomic mass is 19.1. The molecule has 1 fully saturated rings. The first kappa shape index (κ1) is 13.5. The highest BCUT2D eigenvalue weighted by Crippen LogP contribution is 2.24. The molecule has 0 atom stereocenters. The molecule has 0 radical (unpaired) electrons. The maximum Gasteiger partial charge on any atom is 0.229 e. The molecule has 0 bridgehead atoms. The van der Waals surface area contributed by atoms with Gasteiger partial charge in [0, 0.05) is 6.04 Å². The Labute approximate surface area is 122 Å². The van der Waals surface area contributed by atoms with E-state index in [2.05, 4.69) is 15.6 Å². The van der Waals surface area contributed by atoms with Gasteiger partial charge in [0.15, 0.2) is 0 Å². The normalized spacial score (nSPS) is 13.8. The number of hydrogen-bond acceptors (Lipinski definition) is 3. The van der Waals surface area contributed by atoms with Gasteiger partial charge in [-0.25, -0.2) is 9.37 Å². The van der Waals surface area contributed by atoms with Crippen molar-refractivity contribution in [2.75, 3.05) is 10.6 Å². The largest absolute Gasteiger partial charge is 0.381 e. The minimum atomic E-state index is -0.339. The van der Waals surface area contributed by atoms with Crippen LogP contribution in [0.4, 0.5) is 15.9 Å². The van der Waals surface area contributed by atoms with E-state index >= 15 is 0 Å². The molecule has 4 nitrogen and oxygen atoms in total. The Balaban J connectivity index is 1.56. The quantitative estimate of drug-likeness (QED) is 0.888. The van der Waals surface area contributed by atoms with E-state index in [0.717, 1.165) is 5.69 Å². The maximum absolute atomic E-state index is 13.0. The summed E-state index contributed by atoms with van der Waals surface area (Å²) in [4.78, 5) is 16.1. The smallest absolute Gasteiger partial charge is 0.229 e. The molecule has 2 aromatic rings. The monoisotopic (exact) mass is 285 g/mol. The molecule has 1 aliphatic carbocycles. The van der Waals surface area contributed by atoms with Gasteiger partial charge in [0.2, 0.25) is 5.91 Å². The molecule has 2 N–H and O–H groups in total. The summed E-state index contributed by atoms with van der Waals surface area (Å²) in [6, 6.07) is 10.2. The average molecular weight is 285 g/mol. The third kappa shape index (κ3) is 4.02. The molecule has 1 saturated carbocycles. The zero-order valence-corrected chi connectivity index (χ0v) is 11.5. The Morgan fingerprint density at radius 1 is 1.29 bits per heavy atom. The number of amides is 1. The van der Waals surface area contributed by atoms with Crippen LogP contribution in [0.2, 0.25) is 0 Å². The van der Waals surface area contributed by atoms with Crippen LogP contribution in [0.3, 0.4) is 0 Å². The molecule has 0 unspecified atom stereocenters. The van der Waals surface area contributed by atoms with Gasteiger partial charge in [-0.05, 0) is 42.7 Å². The number of aromatic nitrogens is 1. The van der Waals surface area contributed by atoms with E-state index in [1.54, 1.807) is 24.4 Å². The molecule has 1 heterocycles. The summed E-state index contributed by atoms with van der Waals surface area (Å²) in [5.74, 6) is -0.0531. The zero-order chi connectivity index (χ0) is 14.7. The SMILES string of the molecule is O=C(Cc1cccc(F)c1)Nc1ccc(NC2CC2)cn1. The predicted molar refractivity (Wildman–Crippen MR) is 79.6 cm³/mol. The summed E-state index contributed by atoms with van der Waals surface area (Å²) >= 11 is 0. The number of pyridine rings is 1. The van der Waals surface area contributed by atoms with Crippen molar-refractivity contribution in [3.05, 3.63) is 54.0 Å². The minimum absolute atomic E-state index is 0.127. The second-order valence-electron chi connectivity index (χ2n) is 5.21. The van der Waals surface area contributed by atoms with Gasteiger partial charge < -0.3 is 10.6 Å². The highest BCUT2D eigenvalue weighted by molar-refractivity contribution is 5.91. The second-order valence-corrected chi connectivity index (χ2v) is 5.21. The van der Waals surface area contributed by atoms with E-state index in [-0.39, 0.29) is 18.1 Å². The lowest BCUT2D eigenvalue weighted by Gasteiger charge is -2.07. The van der Waals surface area contributed by atoms with Crippen LogP contribution in [0.1, 0.15) is 18.4 Å². The number of anilines is 2. The van der Waals surface area contributed by atoms with Crippen molar-refractivity contribution in [3.8, 4) is 0 Å². The number of benzene rings is 1. The lowest BCUT2D eigenvalue weighted by atomic mass is 10.1. The summed E-state index contributed by atoms with van der Waals surface area (Å²) in [5.41, 5.74) is 1.60. The number of rotatable bonds is 5. The molecule has 21 heavy (non-hydrogen) atoms. The molecule has 108 valence electrons. The maximum atomic E-state index is 13.0. The fourth-order valence-corrected chi connectivity index (χ4v) is 2.04. The van der Waals surface area contributed by atoms with Crippen molar-refractivity contribution < 1.29 is 9.18 Å². The standard InChI is InChI=1S/C16H16FN3O/c17-12-3-1-2-11(8-12)9-16(21)20-15-7-6-14(10-18-15)19-13-4-5-13/h1-3,6-8,10,13,19H,4-5,9H2,(H,18,20,21). The van der Waals surface area contributed by atoms with Crippen LogP contribution in [-0.2, 0) is 11.2 Å². The highest BCUT2D eigenvalue weighted by Gasteiger charge is 2.20. The first-order valence-electron chi connectivity index (χ1n) is 6.96. The van der Waals surface area contributed by atoms with E-state index < -0.39 is 0 Å². The van der Waals surface area contributed by atoms with Crippen LogP contribution in [0.5, 0.6) is 0 Å². The number of halogens is 1. The third-order valence-electron chi connectivity index (χ3n) is 3.23. The molecule has 0 saturated heterocycles. The average Bonchev–Trinajstić information content (AvgIpc) is 3.25. The van der Waals surface area contributed by atoms with Gasteiger partial charge in [0.1, 0.15) is 11.6 Å². The minimum Gasteiger partial charge on any atom is -0.381 e. The molecule has 1 aromatic heterocycles. The first-order valence-corrected chi connectivity index (χ1v) is 6.96. The van der Waals surface area contributed by atoms with Gasteiger partial charge in [0.05, 0.1) is 18.3 Å². The summed E-state index contributed by atoms with van der Waals surface area (Å²) in [7, 11) is 0. The Morgan fingerprint density at radius 3 is 2.81 bits per heavy atom. The number of carbonyl (C=O) groups excluding carboxylic acids is 1. The van der Waals surface area contributed by atoms with Gasteiger partial charge in [-0.3, -0.25) is 4.79 Å². The van der Waals surface area contributed by atoms with Crippen molar-refractivity contribution in [1.29, 1.82) is 0 Å². The summed E-state index contributed by atoms with van der Waals surface area (Å²) in [5, 5.41) is 6.03. The first-order chi connectivity index (χ1) is 10.2. The van der Waals surface area contributed by atoms with Crippen LogP contribution < -0.4 is 10.6 Å².